The molecule has 33 heavy (non-hydrogen) atoms. The molecule has 8 heteroatoms. The molecule has 1 unspecified atom stereocenters. The molecular formula is C25H32N3O4Sn. The summed E-state index contributed by atoms with van der Waals surface area (Å²) in [5.74, 6) is -1.57. The number of carboxylic acids is 1. The summed E-state index contributed by atoms with van der Waals surface area (Å²) in [7, 11) is 0. The second-order valence-electron chi connectivity index (χ2n) is 9.39. The zero-order valence-electron chi connectivity index (χ0n) is 20.3. The number of nitrogens with one attached hydrogen (secondary N) is 2. The standard InChI is InChI=1S/C25H32N3O4.Sn/c1-15-9-8-10-19(11-15)27-24(32)26-14-21(29)28(22(23(30)31)25(5,6)7)20-12-16(2)18(4)17(3)13-20;/h8-12,22H,14H2,1-7H3,(H,30,31)(H2,26,27,32);. The first-order valence-corrected chi connectivity index (χ1v) is 12.2. The zero-order valence-corrected chi connectivity index (χ0v) is 23.1. The predicted molar refractivity (Wildman–Crippen MR) is 133 cm³/mol. The summed E-state index contributed by atoms with van der Waals surface area (Å²) >= 11 is 1.08. The van der Waals surface area contributed by atoms with E-state index in [4.69, 9.17) is 0 Å². The molecule has 2 aromatic carbocycles. The molecule has 0 aliphatic heterocycles. The van der Waals surface area contributed by atoms with Crippen molar-refractivity contribution < 1.29 is 19.5 Å². The van der Waals surface area contributed by atoms with Gasteiger partial charge in [0.25, 0.3) is 0 Å². The predicted octanol–water partition coefficient (Wildman–Crippen LogP) is 3.37. The topological polar surface area (TPSA) is 98.7 Å². The fourth-order valence-electron chi connectivity index (χ4n) is 3.68. The van der Waals surface area contributed by atoms with Gasteiger partial charge in [-0.3, -0.25) is 0 Å². The molecule has 1 atom stereocenters. The summed E-state index contributed by atoms with van der Waals surface area (Å²) < 4.78 is 0.929. The second kappa shape index (κ2) is 10.6. The van der Waals surface area contributed by atoms with Gasteiger partial charge in [-0.25, -0.2) is 0 Å². The van der Waals surface area contributed by atoms with Crippen LogP contribution in [-0.4, -0.2) is 58.1 Å². The molecule has 3 amide bonds. The summed E-state index contributed by atoms with van der Waals surface area (Å²) in [6.45, 7) is 12.9. The number of hydrogen-bond acceptors (Lipinski definition) is 3. The second-order valence-corrected chi connectivity index (χ2v) is 10.8. The SMILES string of the molecule is Cc1cccc(NC(=O)NCC(=O)N(c2cc(C)c(C)c(C)[c]2[Sn])C(C(=O)O)C(C)(C)C)c1. The number of benzene rings is 2. The van der Waals surface area contributed by atoms with Gasteiger partial charge in [-0.05, 0) is 0 Å². The van der Waals surface area contributed by atoms with Crippen LogP contribution >= 0.6 is 0 Å². The summed E-state index contributed by atoms with van der Waals surface area (Å²) in [5.41, 5.74) is 4.60. The normalized spacial score (nSPS) is 12.1. The summed E-state index contributed by atoms with van der Waals surface area (Å²) in [4.78, 5) is 39.5. The van der Waals surface area contributed by atoms with Gasteiger partial charge in [0.1, 0.15) is 0 Å². The average Bonchev–Trinajstić information content (AvgIpc) is 2.70. The number of carbonyl (C=O) groups is 3. The number of urea groups is 1. The molecule has 0 aliphatic rings. The number of anilines is 2. The third-order valence-corrected chi connectivity index (χ3v) is 7.46. The average molecular weight is 557 g/mol. The first kappa shape index (κ1) is 26.7. The quantitative estimate of drug-likeness (QED) is 0.475. The Morgan fingerprint density at radius 1 is 1.06 bits per heavy atom. The molecule has 7 nitrogen and oxygen atoms in total. The summed E-state index contributed by atoms with van der Waals surface area (Å²) in [6.07, 6.45) is 0. The van der Waals surface area contributed by atoms with E-state index in [1.165, 1.54) is 4.90 Å². The van der Waals surface area contributed by atoms with Crippen LogP contribution in [0.3, 0.4) is 0 Å². The Morgan fingerprint density at radius 3 is 2.24 bits per heavy atom. The van der Waals surface area contributed by atoms with Crippen molar-refractivity contribution in [1.82, 2.24) is 5.32 Å². The van der Waals surface area contributed by atoms with E-state index in [-0.39, 0.29) is 6.54 Å². The van der Waals surface area contributed by atoms with E-state index in [2.05, 4.69) is 10.6 Å². The fourth-order valence-corrected chi connectivity index (χ4v) is 4.76. The third kappa shape index (κ3) is 6.49. The number of carboxylic acid groups (broad SMARTS) is 1. The van der Waals surface area contributed by atoms with Crippen molar-refractivity contribution in [1.29, 1.82) is 0 Å². The van der Waals surface area contributed by atoms with E-state index >= 15 is 0 Å². The molecule has 0 saturated heterocycles. The number of amides is 3. The van der Waals surface area contributed by atoms with Gasteiger partial charge in [0.15, 0.2) is 0 Å². The Labute approximate surface area is 209 Å². The molecule has 0 aliphatic carbocycles. The molecule has 3 N–H and O–H groups in total. The first-order valence-electron chi connectivity index (χ1n) is 10.7. The van der Waals surface area contributed by atoms with Crippen molar-refractivity contribution in [3.05, 3.63) is 52.6 Å². The number of aryl methyl sites for hydroxylation is 2. The van der Waals surface area contributed by atoms with Crippen LogP contribution in [-0.2, 0) is 9.59 Å². The van der Waals surface area contributed by atoms with E-state index in [0.29, 0.717) is 11.4 Å². The van der Waals surface area contributed by atoms with Gasteiger partial charge in [-0.1, -0.05) is 0 Å². The molecule has 0 bridgehead atoms. The van der Waals surface area contributed by atoms with E-state index in [0.717, 1.165) is 48.4 Å². The Balaban J connectivity index is 2.39. The molecule has 3 radical (unpaired) electrons. The van der Waals surface area contributed by atoms with Gasteiger partial charge in [-0.2, -0.15) is 0 Å². The molecule has 0 heterocycles. The van der Waals surface area contributed by atoms with E-state index in [9.17, 15) is 19.5 Å². The molecule has 0 spiro atoms. The maximum absolute atomic E-state index is 13.4. The van der Waals surface area contributed by atoms with Crippen molar-refractivity contribution in [2.75, 3.05) is 16.8 Å². The van der Waals surface area contributed by atoms with Gasteiger partial charge >= 0.3 is 209 Å². The number of rotatable bonds is 6. The number of aliphatic carboxylic acids is 1. The Morgan fingerprint density at radius 2 is 1.70 bits per heavy atom. The molecular weight excluding hydrogens is 525 g/mol. The molecule has 175 valence electrons. The van der Waals surface area contributed by atoms with Gasteiger partial charge in [0, 0.05) is 0 Å². The molecule has 2 rings (SSSR count). The van der Waals surface area contributed by atoms with E-state index in [1.807, 2.05) is 52.0 Å². The van der Waals surface area contributed by atoms with Crippen molar-refractivity contribution in [2.24, 2.45) is 5.41 Å². The van der Waals surface area contributed by atoms with Crippen LogP contribution in [0.25, 0.3) is 0 Å². The molecule has 0 aromatic heterocycles. The third-order valence-electron chi connectivity index (χ3n) is 5.66. The summed E-state index contributed by atoms with van der Waals surface area (Å²) in [6, 6.07) is 7.55. The summed E-state index contributed by atoms with van der Waals surface area (Å²) in [5, 5.41) is 15.4. The van der Waals surface area contributed by atoms with Crippen molar-refractivity contribution in [3.63, 3.8) is 0 Å². The van der Waals surface area contributed by atoms with Gasteiger partial charge < -0.3 is 0 Å². The van der Waals surface area contributed by atoms with Crippen molar-refractivity contribution in [3.8, 4) is 0 Å². The molecule has 2 aromatic rings. The Hall–Kier alpha value is -2.55. The minimum atomic E-state index is -1.10. The van der Waals surface area contributed by atoms with Crippen LogP contribution < -0.4 is 19.1 Å². The van der Waals surface area contributed by atoms with E-state index in [1.54, 1.807) is 26.8 Å². The van der Waals surface area contributed by atoms with Gasteiger partial charge in [0.2, 0.25) is 0 Å². The van der Waals surface area contributed by atoms with Crippen LogP contribution in [0.4, 0.5) is 16.2 Å². The number of hydrogen-bond donors (Lipinski definition) is 3. The fraction of sp³-hybridized carbons (Fsp3) is 0.400. The Kier molecular flexibility index (Phi) is 8.56. The minimum absolute atomic E-state index is 0.334. The van der Waals surface area contributed by atoms with Gasteiger partial charge in [-0.15, -0.1) is 0 Å². The number of carbonyl (C=O) groups excluding carboxylic acids is 2. The van der Waals surface area contributed by atoms with Crippen molar-refractivity contribution >= 4 is 55.4 Å². The van der Waals surface area contributed by atoms with Crippen LogP contribution in [0.15, 0.2) is 30.3 Å². The maximum atomic E-state index is 13.4. The monoisotopic (exact) mass is 558 g/mol. The molecule has 0 fully saturated rings. The Bertz CT molecular complexity index is 1080. The zero-order chi connectivity index (χ0) is 25.1. The van der Waals surface area contributed by atoms with Crippen LogP contribution in [0.2, 0.25) is 0 Å². The van der Waals surface area contributed by atoms with Crippen LogP contribution in [0, 0.1) is 33.1 Å². The van der Waals surface area contributed by atoms with Gasteiger partial charge in [0.05, 0.1) is 0 Å². The van der Waals surface area contributed by atoms with Crippen LogP contribution in [0.5, 0.6) is 0 Å². The first-order chi connectivity index (χ1) is 15.2. The van der Waals surface area contributed by atoms with Crippen LogP contribution in [0.1, 0.15) is 43.0 Å². The molecule has 0 saturated carbocycles. The number of nitrogens with zero attached hydrogens (tertiary/aromatic N) is 1. The van der Waals surface area contributed by atoms with Crippen molar-refractivity contribution in [2.45, 2.75) is 54.5 Å². The van der Waals surface area contributed by atoms with E-state index < -0.39 is 29.4 Å².